The predicted octanol–water partition coefficient (Wildman–Crippen LogP) is 2.94. The van der Waals surface area contributed by atoms with Gasteiger partial charge in [0.15, 0.2) is 6.10 Å². The molecule has 1 fully saturated rings. The van der Waals surface area contributed by atoms with Crippen molar-refractivity contribution < 1.29 is 23.6 Å². The van der Waals surface area contributed by atoms with Gasteiger partial charge in [0, 0.05) is 11.6 Å². The summed E-state index contributed by atoms with van der Waals surface area (Å²) in [6, 6.07) is 8.69. The Morgan fingerprint density at radius 3 is 2.84 bits per heavy atom. The van der Waals surface area contributed by atoms with Gasteiger partial charge in [-0.2, -0.15) is 0 Å². The van der Waals surface area contributed by atoms with Gasteiger partial charge in [0.1, 0.15) is 6.54 Å². The number of carbonyl (C=O) groups is 3. The quantitative estimate of drug-likeness (QED) is 0.645. The van der Waals surface area contributed by atoms with E-state index in [0.29, 0.717) is 28.4 Å². The van der Waals surface area contributed by atoms with Crippen LogP contribution in [0, 0.1) is 6.92 Å². The van der Waals surface area contributed by atoms with Crippen LogP contribution in [0.1, 0.15) is 47.4 Å². The van der Waals surface area contributed by atoms with Crippen LogP contribution in [0.2, 0.25) is 0 Å². The summed E-state index contributed by atoms with van der Waals surface area (Å²) in [5.41, 5.74) is 2.95. The van der Waals surface area contributed by atoms with Crippen molar-refractivity contribution in [1.82, 2.24) is 10.1 Å². The van der Waals surface area contributed by atoms with E-state index >= 15 is 0 Å². The molecule has 158 valence electrons. The van der Waals surface area contributed by atoms with Crippen molar-refractivity contribution >= 4 is 40.3 Å². The monoisotopic (exact) mass is 420 g/mol. The third kappa shape index (κ3) is 3.41. The van der Waals surface area contributed by atoms with Crippen LogP contribution in [0.4, 0.5) is 11.4 Å². The lowest BCUT2D eigenvalue weighted by Gasteiger charge is -2.30. The Morgan fingerprint density at radius 1 is 1.29 bits per heavy atom. The van der Waals surface area contributed by atoms with E-state index in [9.17, 15) is 14.4 Å². The van der Waals surface area contributed by atoms with Gasteiger partial charge >= 0.3 is 5.97 Å². The molecule has 1 aliphatic heterocycles. The Kier molecular flexibility index (Phi) is 4.46. The van der Waals surface area contributed by atoms with Gasteiger partial charge in [-0.25, -0.2) is 9.78 Å². The molecule has 2 aliphatic rings. The first-order valence-corrected chi connectivity index (χ1v) is 10.1. The van der Waals surface area contributed by atoms with Crippen LogP contribution in [-0.2, 0) is 14.3 Å². The van der Waals surface area contributed by atoms with Crippen molar-refractivity contribution in [3.8, 4) is 0 Å². The van der Waals surface area contributed by atoms with Gasteiger partial charge in [-0.15, -0.1) is 0 Å². The summed E-state index contributed by atoms with van der Waals surface area (Å²) in [6.45, 7) is 3.07. The topological polar surface area (TPSA) is 115 Å². The Balaban J connectivity index is 1.42. The molecule has 1 saturated carbocycles. The molecule has 2 amide bonds. The summed E-state index contributed by atoms with van der Waals surface area (Å²) in [4.78, 5) is 43.9. The van der Waals surface area contributed by atoms with Gasteiger partial charge in [0.2, 0.25) is 5.91 Å². The largest absolute Gasteiger partial charge is 0.449 e. The van der Waals surface area contributed by atoms with E-state index in [4.69, 9.17) is 9.26 Å². The van der Waals surface area contributed by atoms with E-state index in [0.717, 1.165) is 18.5 Å². The molecule has 31 heavy (non-hydrogen) atoms. The number of pyridine rings is 1. The van der Waals surface area contributed by atoms with Crippen LogP contribution in [0.25, 0.3) is 11.1 Å². The predicted molar refractivity (Wildman–Crippen MR) is 111 cm³/mol. The van der Waals surface area contributed by atoms with E-state index in [1.165, 1.54) is 11.8 Å². The Morgan fingerprint density at radius 2 is 2.06 bits per heavy atom. The minimum Gasteiger partial charge on any atom is -0.449 e. The van der Waals surface area contributed by atoms with E-state index < -0.39 is 18.0 Å². The van der Waals surface area contributed by atoms with Gasteiger partial charge in [-0.05, 0) is 44.9 Å². The number of esters is 1. The maximum Gasteiger partial charge on any atom is 0.339 e. The molecule has 0 saturated heterocycles. The fourth-order valence-corrected chi connectivity index (χ4v) is 3.79. The van der Waals surface area contributed by atoms with Crippen molar-refractivity contribution in [1.29, 1.82) is 0 Å². The van der Waals surface area contributed by atoms with Crippen molar-refractivity contribution in [3.05, 3.63) is 47.3 Å². The van der Waals surface area contributed by atoms with Crippen LogP contribution < -0.4 is 10.2 Å². The van der Waals surface area contributed by atoms with Gasteiger partial charge in [0.05, 0.1) is 28.0 Å². The van der Waals surface area contributed by atoms with E-state index in [1.54, 1.807) is 37.3 Å². The number of nitrogens with one attached hydrogen (secondary N) is 1. The van der Waals surface area contributed by atoms with Crippen LogP contribution >= 0.6 is 0 Å². The average Bonchev–Trinajstić information content (AvgIpc) is 3.55. The van der Waals surface area contributed by atoms with Crippen molar-refractivity contribution in [2.45, 2.75) is 38.7 Å². The van der Waals surface area contributed by atoms with Crippen LogP contribution in [0.15, 0.2) is 34.9 Å². The lowest BCUT2D eigenvalue weighted by molar-refractivity contribution is -0.128. The highest BCUT2D eigenvalue weighted by Gasteiger charge is 2.33. The molecule has 1 atom stereocenters. The number of aromatic nitrogens is 2. The summed E-state index contributed by atoms with van der Waals surface area (Å²) in [5.74, 6) is -1.15. The minimum atomic E-state index is -1.10. The number of fused-ring (bicyclic) bond motifs is 2. The number of anilines is 2. The zero-order valence-corrected chi connectivity index (χ0v) is 17.0. The molecule has 1 unspecified atom stereocenters. The molecular weight excluding hydrogens is 400 g/mol. The highest BCUT2D eigenvalue weighted by Crippen LogP contribution is 2.40. The van der Waals surface area contributed by atoms with E-state index in [2.05, 4.69) is 15.5 Å². The molecule has 9 nitrogen and oxygen atoms in total. The second-order valence-electron chi connectivity index (χ2n) is 7.85. The molecule has 9 heteroatoms. The summed E-state index contributed by atoms with van der Waals surface area (Å²) >= 11 is 0. The molecule has 1 N–H and O–H groups in total. The Bertz CT molecular complexity index is 1230. The molecule has 5 rings (SSSR count). The van der Waals surface area contributed by atoms with E-state index in [1.807, 2.05) is 0 Å². The highest BCUT2D eigenvalue weighted by atomic mass is 16.5. The maximum atomic E-state index is 13.1. The van der Waals surface area contributed by atoms with Gasteiger partial charge < -0.3 is 14.6 Å². The number of ether oxygens (including phenoxy) is 1. The molecule has 1 aromatic carbocycles. The number of benzene rings is 1. The average molecular weight is 420 g/mol. The summed E-state index contributed by atoms with van der Waals surface area (Å²) in [6.07, 6.45) is 0.913. The number of hydrogen-bond acceptors (Lipinski definition) is 7. The first kappa shape index (κ1) is 19.2. The second kappa shape index (κ2) is 7.19. The third-order valence-corrected chi connectivity index (χ3v) is 5.52. The maximum absolute atomic E-state index is 13.1. The SMILES string of the molecule is Cc1noc2nc(C3CC3)cc(C(=O)OC(C)C(=O)N3CC(=O)Nc4ccccc43)c12. The molecule has 0 radical (unpaired) electrons. The number of para-hydroxylation sites is 2. The lowest BCUT2D eigenvalue weighted by atomic mass is 10.1. The molecular formula is C22H20N4O5. The molecule has 0 spiro atoms. The molecule has 3 heterocycles. The highest BCUT2D eigenvalue weighted by molar-refractivity contribution is 6.11. The van der Waals surface area contributed by atoms with E-state index in [-0.39, 0.29) is 23.7 Å². The van der Waals surface area contributed by atoms with Crippen molar-refractivity contribution in [3.63, 3.8) is 0 Å². The third-order valence-electron chi connectivity index (χ3n) is 5.52. The number of carbonyl (C=O) groups excluding carboxylic acids is 3. The van der Waals surface area contributed by atoms with Gasteiger partial charge in [0.25, 0.3) is 11.6 Å². The summed E-state index contributed by atoms with van der Waals surface area (Å²) in [5, 5.41) is 7.13. The Labute approximate surface area is 177 Å². The number of amides is 2. The fraction of sp³-hybridized carbons (Fsp3) is 0.318. The number of hydrogen-bond donors (Lipinski definition) is 1. The number of nitrogens with zero attached hydrogens (tertiary/aromatic N) is 3. The van der Waals surface area contributed by atoms with Crippen molar-refractivity contribution in [2.24, 2.45) is 0 Å². The fourth-order valence-electron chi connectivity index (χ4n) is 3.79. The van der Waals surface area contributed by atoms with Crippen molar-refractivity contribution in [2.75, 3.05) is 16.8 Å². The lowest BCUT2D eigenvalue weighted by Crippen LogP contribution is -2.47. The van der Waals surface area contributed by atoms with Gasteiger partial charge in [-0.1, -0.05) is 17.3 Å². The first-order chi connectivity index (χ1) is 14.9. The van der Waals surface area contributed by atoms with Crippen LogP contribution in [0.3, 0.4) is 0 Å². The normalized spacial score (nSPS) is 16.6. The minimum absolute atomic E-state index is 0.145. The molecule has 3 aromatic rings. The van der Waals surface area contributed by atoms with Crippen LogP contribution in [0.5, 0.6) is 0 Å². The number of rotatable bonds is 4. The van der Waals surface area contributed by atoms with Crippen LogP contribution in [-0.4, -0.2) is 40.6 Å². The Hall–Kier alpha value is -3.75. The zero-order valence-electron chi connectivity index (χ0n) is 17.0. The summed E-state index contributed by atoms with van der Waals surface area (Å²) in [7, 11) is 0. The molecule has 0 bridgehead atoms. The smallest absolute Gasteiger partial charge is 0.339 e. The molecule has 1 aliphatic carbocycles. The zero-order chi connectivity index (χ0) is 21.7. The summed E-state index contributed by atoms with van der Waals surface area (Å²) < 4.78 is 10.8. The standard InChI is InChI=1S/C22H20N4O5/c1-11-19-14(9-16(13-7-8-13)24-20(19)31-25-11)22(29)30-12(2)21(28)26-10-18(27)23-15-5-3-4-6-17(15)26/h3-6,9,12-13H,7-8,10H2,1-2H3,(H,23,27). The van der Waals surface area contributed by atoms with Gasteiger partial charge in [-0.3, -0.25) is 14.5 Å². The first-order valence-electron chi connectivity index (χ1n) is 10.1. The second-order valence-corrected chi connectivity index (χ2v) is 7.85. The number of aryl methyl sites for hydroxylation is 1. The molecule has 2 aromatic heterocycles.